The van der Waals surface area contributed by atoms with Gasteiger partial charge in [-0.25, -0.2) is 13.1 Å². The van der Waals surface area contributed by atoms with E-state index in [2.05, 4.69) is 10.0 Å². The number of sulfonamides is 1. The lowest BCUT2D eigenvalue weighted by atomic mass is 9.93. The average molecular weight is 320 g/mol. The molecule has 3 rings (SSSR count). The van der Waals surface area contributed by atoms with E-state index in [0.29, 0.717) is 25.9 Å². The third-order valence-electron chi connectivity index (χ3n) is 4.16. The summed E-state index contributed by atoms with van der Waals surface area (Å²) in [4.78, 5) is 0.226. The zero-order chi connectivity index (χ0) is 15.6. The van der Waals surface area contributed by atoms with Crippen LogP contribution in [0.2, 0.25) is 0 Å². The first-order chi connectivity index (χ1) is 10.5. The molecule has 1 aliphatic rings. The van der Waals surface area contributed by atoms with Crippen LogP contribution in [0.1, 0.15) is 12.8 Å². The van der Waals surface area contributed by atoms with Crippen molar-refractivity contribution in [2.45, 2.75) is 23.3 Å². The van der Waals surface area contributed by atoms with Gasteiger partial charge in [0.15, 0.2) is 0 Å². The molecule has 0 spiro atoms. The monoisotopic (exact) mass is 320 g/mol. The fourth-order valence-electron chi connectivity index (χ4n) is 2.72. The highest BCUT2D eigenvalue weighted by molar-refractivity contribution is 7.89. The van der Waals surface area contributed by atoms with E-state index in [1.54, 1.807) is 18.2 Å². The topological polar surface area (TPSA) is 78.4 Å². The number of rotatable bonds is 4. The largest absolute Gasteiger partial charge is 0.388 e. The van der Waals surface area contributed by atoms with Crippen molar-refractivity contribution in [1.82, 2.24) is 10.0 Å². The van der Waals surface area contributed by atoms with Gasteiger partial charge in [0.2, 0.25) is 10.0 Å². The Morgan fingerprint density at radius 2 is 1.77 bits per heavy atom. The van der Waals surface area contributed by atoms with Gasteiger partial charge in [0, 0.05) is 6.54 Å². The predicted molar refractivity (Wildman–Crippen MR) is 86.2 cm³/mol. The lowest BCUT2D eigenvalue weighted by Gasteiger charge is -2.32. The van der Waals surface area contributed by atoms with Crippen molar-refractivity contribution in [2.24, 2.45) is 0 Å². The first kappa shape index (κ1) is 15.4. The van der Waals surface area contributed by atoms with E-state index in [4.69, 9.17) is 0 Å². The van der Waals surface area contributed by atoms with Gasteiger partial charge in [-0.1, -0.05) is 30.3 Å². The Morgan fingerprint density at radius 3 is 2.50 bits per heavy atom. The van der Waals surface area contributed by atoms with Gasteiger partial charge in [0.25, 0.3) is 0 Å². The maximum atomic E-state index is 12.4. The van der Waals surface area contributed by atoms with Gasteiger partial charge in [-0.2, -0.15) is 0 Å². The second-order valence-corrected chi connectivity index (χ2v) is 7.57. The van der Waals surface area contributed by atoms with Crippen molar-refractivity contribution >= 4 is 20.8 Å². The molecule has 5 nitrogen and oxygen atoms in total. The fourth-order valence-corrected chi connectivity index (χ4v) is 3.87. The van der Waals surface area contributed by atoms with E-state index >= 15 is 0 Å². The van der Waals surface area contributed by atoms with Crippen LogP contribution in [-0.4, -0.2) is 38.8 Å². The average Bonchev–Trinajstić information content (AvgIpc) is 2.53. The Kier molecular flexibility index (Phi) is 4.18. The second kappa shape index (κ2) is 5.96. The van der Waals surface area contributed by atoms with E-state index in [0.717, 1.165) is 10.8 Å². The molecule has 0 saturated carbocycles. The van der Waals surface area contributed by atoms with Crippen LogP contribution in [0.4, 0.5) is 0 Å². The molecule has 1 saturated heterocycles. The lowest BCUT2D eigenvalue weighted by Crippen LogP contribution is -2.49. The maximum Gasteiger partial charge on any atom is 0.240 e. The van der Waals surface area contributed by atoms with E-state index in [-0.39, 0.29) is 11.4 Å². The smallest absolute Gasteiger partial charge is 0.240 e. The fraction of sp³-hybridized carbons (Fsp3) is 0.375. The number of hydrogen-bond donors (Lipinski definition) is 3. The molecular weight excluding hydrogens is 300 g/mol. The Balaban J connectivity index is 1.79. The first-order valence-electron chi connectivity index (χ1n) is 7.40. The summed E-state index contributed by atoms with van der Waals surface area (Å²) in [5.41, 5.74) is -0.963. The maximum absolute atomic E-state index is 12.4. The number of benzene rings is 2. The zero-order valence-corrected chi connectivity index (χ0v) is 13.1. The quantitative estimate of drug-likeness (QED) is 0.792. The normalized spacial score (nSPS) is 18.4. The van der Waals surface area contributed by atoms with Gasteiger partial charge in [-0.15, -0.1) is 0 Å². The Morgan fingerprint density at radius 1 is 1.09 bits per heavy atom. The van der Waals surface area contributed by atoms with Crippen LogP contribution >= 0.6 is 0 Å². The molecule has 118 valence electrons. The van der Waals surface area contributed by atoms with Crippen LogP contribution in [0.5, 0.6) is 0 Å². The lowest BCUT2D eigenvalue weighted by molar-refractivity contribution is 0.0158. The summed E-state index contributed by atoms with van der Waals surface area (Å²) in [6.07, 6.45) is 1.10. The molecule has 1 fully saturated rings. The SMILES string of the molecule is O=S(=O)(NCC1(O)CCNCC1)c1ccc2ccccc2c1. The van der Waals surface area contributed by atoms with Crippen LogP contribution in [0.25, 0.3) is 10.8 Å². The molecule has 2 aromatic rings. The molecule has 0 radical (unpaired) electrons. The third kappa shape index (κ3) is 3.30. The van der Waals surface area contributed by atoms with Crippen LogP contribution in [0.3, 0.4) is 0 Å². The highest BCUT2D eigenvalue weighted by atomic mass is 32.2. The molecule has 0 bridgehead atoms. The molecular formula is C16H20N2O3S. The molecule has 0 aromatic heterocycles. The summed E-state index contributed by atoms with van der Waals surface area (Å²) in [5, 5.41) is 15.4. The molecule has 6 heteroatoms. The summed E-state index contributed by atoms with van der Waals surface area (Å²) in [7, 11) is -3.62. The van der Waals surface area contributed by atoms with Gasteiger partial charge in [0.1, 0.15) is 0 Å². The van der Waals surface area contributed by atoms with Crippen molar-refractivity contribution < 1.29 is 13.5 Å². The van der Waals surface area contributed by atoms with Crippen molar-refractivity contribution in [1.29, 1.82) is 0 Å². The first-order valence-corrected chi connectivity index (χ1v) is 8.89. The Labute approximate surface area is 130 Å². The van der Waals surface area contributed by atoms with Crippen LogP contribution < -0.4 is 10.0 Å². The molecule has 22 heavy (non-hydrogen) atoms. The standard InChI is InChI=1S/C16H20N2O3S/c19-16(7-9-17-10-8-16)12-18-22(20,21)15-6-5-13-3-1-2-4-14(13)11-15/h1-6,11,17-19H,7-10,12H2. The van der Waals surface area contributed by atoms with Crippen molar-refractivity contribution in [3.8, 4) is 0 Å². The molecule has 0 amide bonds. The highest BCUT2D eigenvalue weighted by Crippen LogP contribution is 2.21. The minimum Gasteiger partial charge on any atom is -0.388 e. The summed E-state index contributed by atoms with van der Waals surface area (Å²) in [6.45, 7) is 1.45. The third-order valence-corrected chi connectivity index (χ3v) is 5.56. The van der Waals surface area contributed by atoms with Crippen LogP contribution in [0.15, 0.2) is 47.4 Å². The number of nitrogens with one attached hydrogen (secondary N) is 2. The molecule has 2 aromatic carbocycles. The summed E-state index contributed by atoms with van der Waals surface area (Å²) in [5.74, 6) is 0. The van der Waals surface area contributed by atoms with E-state index in [1.165, 1.54) is 0 Å². The number of hydrogen-bond acceptors (Lipinski definition) is 4. The van der Waals surface area contributed by atoms with E-state index in [1.807, 2.05) is 24.3 Å². The molecule has 0 atom stereocenters. The van der Waals surface area contributed by atoms with Crippen LogP contribution in [-0.2, 0) is 10.0 Å². The predicted octanol–water partition coefficient (Wildman–Crippen LogP) is 1.23. The van der Waals surface area contributed by atoms with Gasteiger partial charge in [-0.05, 0) is 48.8 Å². The minimum absolute atomic E-state index is 0.0455. The van der Waals surface area contributed by atoms with Crippen molar-refractivity contribution in [3.05, 3.63) is 42.5 Å². The van der Waals surface area contributed by atoms with Crippen molar-refractivity contribution in [3.63, 3.8) is 0 Å². The van der Waals surface area contributed by atoms with Crippen molar-refractivity contribution in [2.75, 3.05) is 19.6 Å². The summed E-state index contributed by atoms with van der Waals surface area (Å²) < 4.78 is 27.4. The van der Waals surface area contributed by atoms with Gasteiger partial charge in [-0.3, -0.25) is 0 Å². The number of fused-ring (bicyclic) bond motifs is 1. The molecule has 0 aliphatic carbocycles. The Hall–Kier alpha value is -1.47. The minimum atomic E-state index is -3.62. The molecule has 3 N–H and O–H groups in total. The van der Waals surface area contributed by atoms with E-state index in [9.17, 15) is 13.5 Å². The second-order valence-electron chi connectivity index (χ2n) is 5.81. The van der Waals surface area contributed by atoms with Crippen LogP contribution in [0, 0.1) is 0 Å². The number of piperidine rings is 1. The van der Waals surface area contributed by atoms with E-state index < -0.39 is 15.6 Å². The molecule has 1 heterocycles. The van der Waals surface area contributed by atoms with Gasteiger partial charge < -0.3 is 10.4 Å². The number of aliphatic hydroxyl groups is 1. The van der Waals surface area contributed by atoms with Gasteiger partial charge >= 0.3 is 0 Å². The Bertz CT molecular complexity index is 768. The van der Waals surface area contributed by atoms with Gasteiger partial charge in [0.05, 0.1) is 10.5 Å². The highest BCUT2D eigenvalue weighted by Gasteiger charge is 2.30. The molecule has 1 aliphatic heterocycles. The summed E-state index contributed by atoms with van der Waals surface area (Å²) in [6, 6.07) is 12.7. The summed E-state index contributed by atoms with van der Waals surface area (Å²) >= 11 is 0. The zero-order valence-electron chi connectivity index (χ0n) is 12.2. The molecule has 0 unspecified atom stereocenters.